The van der Waals surface area contributed by atoms with Crippen molar-refractivity contribution < 1.29 is 27.2 Å². The molecule has 10 heteroatoms. The number of halogens is 3. The van der Waals surface area contributed by atoms with Gasteiger partial charge in [-0.1, -0.05) is 5.16 Å². The summed E-state index contributed by atoms with van der Waals surface area (Å²) >= 11 is 0. The summed E-state index contributed by atoms with van der Waals surface area (Å²) in [6, 6.07) is 10.1. The van der Waals surface area contributed by atoms with Crippen LogP contribution in [0.2, 0.25) is 0 Å². The number of nitrogens with zero attached hydrogens (tertiary/aromatic N) is 3. The van der Waals surface area contributed by atoms with Crippen molar-refractivity contribution in [2.75, 3.05) is 31.2 Å². The van der Waals surface area contributed by atoms with E-state index >= 15 is 0 Å². The molecule has 34 heavy (non-hydrogen) atoms. The zero-order valence-corrected chi connectivity index (χ0v) is 18.1. The molecule has 0 amide bonds. The fourth-order valence-corrected chi connectivity index (χ4v) is 4.79. The molecule has 0 atom stereocenters. The number of alkyl halides is 3. The summed E-state index contributed by atoms with van der Waals surface area (Å²) in [5, 5.41) is 5.33. The molecular formula is C24H21F3N4O3. The van der Waals surface area contributed by atoms with Gasteiger partial charge in [-0.25, -0.2) is 0 Å². The average molecular weight is 470 g/mol. The number of hydrogen-bond acceptors (Lipinski definition) is 6. The van der Waals surface area contributed by atoms with Crippen LogP contribution in [-0.4, -0.2) is 47.8 Å². The van der Waals surface area contributed by atoms with Gasteiger partial charge < -0.3 is 23.9 Å². The van der Waals surface area contributed by atoms with E-state index in [9.17, 15) is 13.2 Å². The Hall–Kier alpha value is -3.53. The third kappa shape index (κ3) is 3.87. The zero-order chi connectivity index (χ0) is 23.3. The van der Waals surface area contributed by atoms with Gasteiger partial charge in [0.25, 0.3) is 5.89 Å². The highest BCUT2D eigenvalue weighted by molar-refractivity contribution is 5.89. The molecule has 0 unspecified atom stereocenters. The Bertz CT molecular complexity index is 1360. The summed E-state index contributed by atoms with van der Waals surface area (Å²) in [5.74, 6) is 0.354. The molecule has 2 aromatic heterocycles. The van der Waals surface area contributed by atoms with E-state index in [2.05, 4.69) is 25.9 Å². The van der Waals surface area contributed by atoms with Crippen molar-refractivity contribution in [3.05, 3.63) is 47.7 Å². The second-order valence-electron chi connectivity index (χ2n) is 8.45. The number of nitrogens with one attached hydrogen (secondary N) is 1. The number of aromatic nitrogens is 3. The van der Waals surface area contributed by atoms with Crippen LogP contribution in [0.25, 0.3) is 33.7 Å². The van der Waals surface area contributed by atoms with Crippen molar-refractivity contribution in [3.63, 3.8) is 0 Å². The molecule has 4 aromatic rings. The SMILES string of the molecule is FC(F)(F)Oc1ccc(-c2nc(-c3ccc4[nH]c5c(c4c3)CCC5)no2)c(N2CCOCC2)c1. The number of morpholine rings is 1. The van der Waals surface area contributed by atoms with E-state index in [-0.39, 0.29) is 11.6 Å². The first kappa shape index (κ1) is 21.0. The predicted octanol–water partition coefficient (Wildman–Crippen LogP) is 5.11. The Morgan fingerprint density at radius 1 is 1.03 bits per heavy atom. The first-order valence-electron chi connectivity index (χ1n) is 11.1. The lowest BCUT2D eigenvalue weighted by Gasteiger charge is -2.30. The minimum absolute atomic E-state index is 0.231. The fraction of sp³-hybridized carbons (Fsp3) is 0.333. The number of hydrogen-bond donors (Lipinski definition) is 1. The van der Waals surface area contributed by atoms with Gasteiger partial charge in [0, 0.05) is 41.3 Å². The van der Waals surface area contributed by atoms with E-state index in [0.717, 1.165) is 30.3 Å². The molecule has 176 valence electrons. The van der Waals surface area contributed by atoms with Crippen molar-refractivity contribution in [2.45, 2.75) is 25.6 Å². The number of rotatable bonds is 4. The monoisotopic (exact) mass is 470 g/mol. The Morgan fingerprint density at radius 3 is 2.71 bits per heavy atom. The lowest BCUT2D eigenvalue weighted by atomic mass is 10.1. The maximum atomic E-state index is 12.8. The Morgan fingerprint density at radius 2 is 1.88 bits per heavy atom. The van der Waals surface area contributed by atoms with E-state index < -0.39 is 6.36 Å². The molecule has 6 rings (SSSR count). The van der Waals surface area contributed by atoms with Gasteiger partial charge in [-0.05, 0) is 55.2 Å². The van der Waals surface area contributed by atoms with Crippen LogP contribution in [0.3, 0.4) is 0 Å². The topological polar surface area (TPSA) is 76.4 Å². The van der Waals surface area contributed by atoms with E-state index in [1.54, 1.807) is 0 Å². The molecule has 7 nitrogen and oxygen atoms in total. The van der Waals surface area contributed by atoms with E-state index in [1.165, 1.54) is 34.8 Å². The highest BCUT2D eigenvalue weighted by Crippen LogP contribution is 2.37. The van der Waals surface area contributed by atoms with Gasteiger partial charge in [-0.15, -0.1) is 13.2 Å². The molecule has 0 spiro atoms. The average Bonchev–Trinajstić information content (AvgIpc) is 3.55. The first-order valence-corrected chi connectivity index (χ1v) is 11.1. The molecule has 0 saturated carbocycles. The summed E-state index contributed by atoms with van der Waals surface area (Å²) in [7, 11) is 0. The molecule has 3 heterocycles. The Balaban J connectivity index is 1.37. The molecule has 2 aliphatic rings. The Kier molecular flexibility index (Phi) is 4.98. The maximum Gasteiger partial charge on any atom is 0.573 e. The first-order chi connectivity index (χ1) is 16.4. The Labute approximate surface area is 192 Å². The second kappa shape index (κ2) is 8.05. The van der Waals surface area contributed by atoms with Crippen molar-refractivity contribution in [2.24, 2.45) is 0 Å². The lowest BCUT2D eigenvalue weighted by Crippen LogP contribution is -2.36. The van der Waals surface area contributed by atoms with Crippen LogP contribution < -0.4 is 9.64 Å². The number of H-pyrrole nitrogens is 1. The van der Waals surface area contributed by atoms with Crippen LogP contribution in [0.4, 0.5) is 18.9 Å². The molecule has 0 bridgehead atoms. The van der Waals surface area contributed by atoms with Gasteiger partial charge in [-0.2, -0.15) is 4.98 Å². The van der Waals surface area contributed by atoms with Crippen LogP contribution in [0.5, 0.6) is 5.75 Å². The molecule has 2 aromatic carbocycles. The summed E-state index contributed by atoms with van der Waals surface area (Å²) in [5.41, 5.74) is 5.61. The molecule has 1 aliphatic heterocycles. The van der Waals surface area contributed by atoms with Gasteiger partial charge in [0.1, 0.15) is 5.75 Å². The highest BCUT2D eigenvalue weighted by atomic mass is 19.4. The molecule has 0 radical (unpaired) electrons. The quantitative estimate of drug-likeness (QED) is 0.447. The van der Waals surface area contributed by atoms with Crippen LogP contribution in [0.1, 0.15) is 17.7 Å². The number of ether oxygens (including phenoxy) is 2. The largest absolute Gasteiger partial charge is 0.573 e. The van der Waals surface area contributed by atoms with Gasteiger partial charge in [-0.3, -0.25) is 0 Å². The van der Waals surface area contributed by atoms with Gasteiger partial charge in [0.05, 0.1) is 24.5 Å². The minimum Gasteiger partial charge on any atom is -0.406 e. The van der Waals surface area contributed by atoms with Gasteiger partial charge in [0.15, 0.2) is 0 Å². The summed E-state index contributed by atoms with van der Waals surface area (Å²) in [6.07, 6.45) is -1.53. The van der Waals surface area contributed by atoms with Crippen LogP contribution in [0.15, 0.2) is 40.9 Å². The molecule has 1 aliphatic carbocycles. The summed E-state index contributed by atoms with van der Waals surface area (Å²) < 4.78 is 53.5. The van der Waals surface area contributed by atoms with E-state index in [0.29, 0.717) is 43.4 Å². The summed E-state index contributed by atoms with van der Waals surface area (Å²) in [6.45, 7) is 2.00. The molecule has 1 fully saturated rings. The number of aryl methyl sites for hydroxylation is 2. The summed E-state index contributed by atoms with van der Waals surface area (Å²) in [4.78, 5) is 10.00. The third-order valence-electron chi connectivity index (χ3n) is 6.32. The van der Waals surface area contributed by atoms with Crippen molar-refractivity contribution in [1.82, 2.24) is 15.1 Å². The van der Waals surface area contributed by atoms with Crippen molar-refractivity contribution >= 4 is 16.6 Å². The maximum absolute atomic E-state index is 12.8. The van der Waals surface area contributed by atoms with Crippen LogP contribution in [0, 0.1) is 0 Å². The van der Waals surface area contributed by atoms with Gasteiger partial charge in [0.2, 0.25) is 5.82 Å². The second-order valence-corrected chi connectivity index (χ2v) is 8.45. The number of anilines is 1. The van der Waals surface area contributed by atoms with E-state index in [1.807, 2.05) is 17.0 Å². The highest BCUT2D eigenvalue weighted by Gasteiger charge is 2.32. The third-order valence-corrected chi connectivity index (χ3v) is 6.32. The van der Waals surface area contributed by atoms with Crippen molar-refractivity contribution in [3.8, 4) is 28.6 Å². The zero-order valence-electron chi connectivity index (χ0n) is 18.1. The number of benzene rings is 2. The molecule has 1 saturated heterocycles. The fourth-order valence-electron chi connectivity index (χ4n) is 4.79. The predicted molar refractivity (Wildman–Crippen MR) is 119 cm³/mol. The van der Waals surface area contributed by atoms with Crippen molar-refractivity contribution in [1.29, 1.82) is 0 Å². The van der Waals surface area contributed by atoms with Crippen LogP contribution >= 0.6 is 0 Å². The van der Waals surface area contributed by atoms with Crippen LogP contribution in [-0.2, 0) is 17.6 Å². The lowest BCUT2D eigenvalue weighted by molar-refractivity contribution is -0.274. The van der Waals surface area contributed by atoms with Gasteiger partial charge >= 0.3 is 6.36 Å². The standard InChI is InChI=1S/C24H21F3N4O3/c25-24(26,27)33-15-5-6-17(21(13-15)31-8-10-32-11-9-31)23-29-22(30-34-23)14-4-7-20-18(12-14)16-2-1-3-19(16)28-20/h4-7,12-13,28H,1-3,8-11H2. The molecular weight excluding hydrogens is 449 g/mol. The number of fused-ring (bicyclic) bond motifs is 3. The minimum atomic E-state index is -4.78. The smallest absolute Gasteiger partial charge is 0.406 e. The normalized spacial score (nSPS) is 16.3. The number of aromatic amines is 1. The molecule has 1 N–H and O–H groups in total. The van der Waals surface area contributed by atoms with E-state index in [4.69, 9.17) is 9.26 Å².